The van der Waals surface area contributed by atoms with Gasteiger partial charge in [-0.3, -0.25) is 9.59 Å². The minimum Gasteiger partial charge on any atom is -0.387 e. The van der Waals surface area contributed by atoms with E-state index in [-0.39, 0.29) is 33.3 Å². The Hall–Kier alpha value is -2.93. The Labute approximate surface area is 225 Å². The third-order valence-electron chi connectivity index (χ3n) is 10.4. The van der Waals surface area contributed by atoms with E-state index in [0.717, 1.165) is 42.2 Å². The van der Waals surface area contributed by atoms with Gasteiger partial charge in [-0.05, 0) is 79.5 Å². The van der Waals surface area contributed by atoms with Crippen LogP contribution in [-0.4, -0.2) is 26.7 Å². The maximum absolute atomic E-state index is 14.4. The van der Waals surface area contributed by atoms with Crippen molar-refractivity contribution in [1.29, 1.82) is 0 Å². The number of carbonyl (C=O) groups is 2. The summed E-state index contributed by atoms with van der Waals surface area (Å²) in [4.78, 5) is 26.6. The summed E-state index contributed by atoms with van der Waals surface area (Å²) in [5.74, 6) is 0.713. The van der Waals surface area contributed by atoms with Gasteiger partial charge in [0.15, 0.2) is 5.78 Å². The van der Waals surface area contributed by atoms with Crippen LogP contribution in [0.25, 0.3) is 0 Å². The molecule has 6 rings (SSSR count). The van der Waals surface area contributed by atoms with Gasteiger partial charge in [-0.1, -0.05) is 50.2 Å². The number of fused-ring (bicyclic) bond motifs is 5. The van der Waals surface area contributed by atoms with Crippen LogP contribution >= 0.6 is 0 Å². The highest BCUT2D eigenvalue weighted by molar-refractivity contribution is 7.93. The van der Waals surface area contributed by atoms with Crippen LogP contribution in [0.2, 0.25) is 0 Å². The SMILES string of the molecule is C[C@]12CCC(=O)C=C1NC[C@@H]1[C@H]2CC[C@]2(C)C(C(=O)N(c3ccccc3)S(=O)(=O)c3ccccc3)CC[C@@H]12. The number of para-hydroxylation sites is 1. The molecular weight excluding hydrogens is 496 g/mol. The molecule has 1 saturated heterocycles. The Morgan fingerprint density at radius 3 is 2.32 bits per heavy atom. The predicted molar refractivity (Wildman–Crippen MR) is 147 cm³/mol. The molecule has 200 valence electrons. The van der Waals surface area contributed by atoms with Crippen molar-refractivity contribution in [3.8, 4) is 0 Å². The first-order valence-electron chi connectivity index (χ1n) is 13.8. The highest BCUT2D eigenvalue weighted by atomic mass is 32.2. The van der Waals surface area contributed by atoms with Crippen LogP contribution in [0.1, 0.15) is 52.4 Å². The van der Waals surface area contributed by atoms with Gasteiger partial charge < -0.3 is 5.32 Å². The normalized spacial score (nSPS) is 34.3. The van der Waals surface area contributed by atoms with Crippen molar-refractivity contribution in [2.24, 2.45) is 34.5 Å². The van der Waals surface area contributed by atoms with E-state index in [9.17, 15) is 18.0 Å². The summed E-state index contributed by atoms with van der Waals surface area (Å²) in [7, 11) is -4.08. The number of nitrogens with one attached hydrogen (secondary N) is 1. The molecule has 1 N–H and O–H groups in total. The van der Waals surface area contributed by atoms with Crippen molar-refractivity contribution in [2.45, 2.75) is 57.3 Å². The van der Waals surface area contributed by atoms with Crippen LogP contribution in [0.4, 0.5) is 5.69 Å². The molecule has 3 fully saturated rings. The largest absolute Gasteiger partial charge is 0.387 e. The van der Waals surface area contributed by atoms with Crippen LogP contribution in [0.3, 0.4) is 0 Å². The zero-order chi connectivity index (χ0) is 26.7. The number of anilines is 1. The Bertz CT molecular complexity index is 1390. The summed E-state index contributed by atoms with van der Waals surface area (Å²) in [5.41, 5.74) is 1.16. The number of ketones is 1. The molecule has 1 unspecified atom stereocenters. The van der Waals surface area contributed by atoms with E-state index >= 15 is 0 Å². The van der Waals surface area contributed by atoms with E-state index in [0.29, 0.717) is 36.3 Å². The van der Waals surface area contributed by atoms with Gasteiger partial charge in [0, 0.05) is 36.1 Å². The monoisotopic (exact) mass is 532 g/mol. The fraction of sp³-hybridized carbons (Fsp3) is 0.484. The number of sulfonamides is 1. The molecule has 2 saturated carbocycles. The zero-order valence-electron chi connectivity index (χ0n) is 22.1. The number of nitrogens with zero attached hydrogens (tertiary/aromatic N) is 1. The first-order valence-corrected chi connectivity index (χ1v) is 15.3. The molecule has 1 amide bonds. The van der Waals surface area contributed by atoms with Gasteiger partial charge in [0.05, 0.1) is 10.6 Å². The van der Waals surface area contributed by atoms with E-state index in [1.807, 2.05) is 12.1 Å². The summed E-state index contributed by atoms with van der Waals surface area (Å²) in [5, 5.41) is 3.61. The van der Waals surface area contributed by atoms with E-state index in [1.165, 1.54) is 0 Å². The van der Waals surface area contributed by atoms with Crippen LogP contribution in [0.5, 0.6) is 0 Å². The Balaban J connectivity index is 1.34. The van der Waals surface area contributed by atoms with Crippen LogP contribution in [0, 0.1) is 34.5 Å². The summed E-state index contributed by atoms with van der Waals surface area (Å²) >= 11 is 0. The molecule has 38 heavy (non-hydrogen) atoms. The minimum absolute atomic E-state index is 0.0347. The summed E-state index contributed by atoms with van der Waals surface area (Å²) < 4.78 is 28.9. The molecule has 0 bridgehead atoms. The van der Waals surface area contributed by atoms with E-state index < -0.39 is 10.0 Å². The quantitative estimate of drug-likeness (QED) is 0.576. The van der Waals surface area contributed by atoms with E-state index in [2.05, 4.69) is 19.2 Å². The number of allylic oxidation sites excluding steroid dienone is 2. The summed E-state index contributed by atoms with van der Waals surface area (Å²) in [6.07, 6.45) is 6.77. The van der Waals surface area contributed by atoms with Gasteiger partial charge in [0.25, 0.3) is 10.0 Å². The average molecular weight is 533 g/mol. The number of piperidine rings is 1. The maximum atomic E-state index is 14.4. The van der Waals surface area contributed by atoms with Gasteiger partial charge in [-0.2, -0.15) is 0 Å². The fourth-order valence-corrected chi connectivity index (χ4v) is 9.81. The Morgan fingerprint density at radius 2 is 1.61 bits per heavy atom. The standard InChI is InChI=1S/C31H36N2O4S/c1-30-18-16-26-24(20-32-28-19-22(34)15-17-31(26,28)2)25(30)13-14-27(30)29(35)33(21-9-5-3-6-10-21)38(36,37)23-11-7-4-8-12-23/h3-12,19,24-27,32H,13-18,20H2,1-2H3/t24-,25-,26+,27?,30-,31+/m0/s1. The molecule has 4 aliphatic rings. The summed E-state index contributed by atoms with van der Waals surface area (Å²) in [6, 6.07) is 17.0. The lowest BCUT2D eigenvalue weighted by atomic mass is 9.50. The van der Waals surface area contributed by atoms with Gasteiger partial charge in [0.2, 0.25) is 5.91 Å². The first-order chi connectivity index (χ1) is 18.2. The van der Waals surface area contributed by atoms with Crippen molar-refractivity contribution >= 4 is 27.4 Å². The average Bonchev–Trinajstić information content (AvgIpc) is 3.27. The van der Waals surface area contributed by atoms with E-state index in [4.69, 9.17) is 0 Å². The molecule has 7 heteroatoms. The first kappa shape index (κ1) is 25.4. The number of benzene rings is 2. The molecule has 0 aromatic heterocycles. The van der Waals surface area contributed by atoms with Crippen molar-refractivity contribution in [3.05, 3.63) is 72.4 Å². The second-order valence-corrected chi connectivity index (χ2v) is 13.9. The molecule has 6 atom stereocenters. The number of rotatable bonds is 4. The van der Waals surface area contributed by atoms with Crippen LogP contribution in [-0.2, 0) is 19.6 Å². The Morgan fingerprint density at radius 1 is 0.921 bits per heavy atom. The van der Waals surface area contributed by atoms with Crippen molar-refractivity contribution < 1.29 is 18.0 Å². The number of carbonyl (C=O) groups excluding carboxylic acids is 2. The lowest BCUT2D eigenvalue weighted by molar-refractivity contribution is -0.128. The molecule has 0 spiro atoms. The number of hydrogen-bond donors (Lipinski definition) is 1. The van der Waals surface area contributed by atoms with Crippen molar-refractivity contribution in [3.63, 3.8) is 0 Å². The van der Waals surface area contributed by atoms with Crippen molar-refractivity contribution in [1.82, 2.24) is 5.32 Å². The lowest BCUT2D eigenvalue weighted by Crippen LogP contribution is -2.57. The lowest BCUT2D eigenvalue weighted by Gasteiger charge is -2.58. The second kappa shape index (κ2) is 9.08. The molecule has 0 radical (unpaired) electrons. The van der Waals surface area contributed by atoms with E-state index in [1.54, 1.807) is 54.6 Å². The van der Waals surface area contributed by atoms with Crippen molar-refractivity contribution in [2.75, 3.05) is 10.8 Å². The Kier molecular flexibility index (Phi) is 6.06. The molecule has 2 aromatic carbocycles. The fourth-order valence-electron chi connectivity index (χ4n) is 8.34. The molecule has 1 heterocycles. The van der Waals surface area contributed by atoms with Gasteiger partial charge >= 0.3 is 0 Å². The summed E-state index contributed by atoms with van der Waals surface area (Å²) in [6.45, 7) is 5.34. The second-order valence-electron chi connectivity index (χ2n) is 12.1. The smallest absolute Gasteiger partial charge is 0.270 e. The zero-order valence-corrected chi connectivity index (χ0v) is 22.9. The van der Waals surface area contributed by atoms with Crippen LogP contribution in [0.15, 0.2) is 77.3 Å². The third-order valence-corrected chi connectivity index (χ3v) is 12.1. The van der Waals surface area contributed by atoms with Gasteiger partial charge in [0.1, 0.15) is 0 Å². The number of amides is 1. The maximum Gasteiger partial charge on any atom is 0.270 e. The molecular formula is C31H36N2O4S. The molecule has 3 aliphatic carbocycles. The minimum atomic E-state index is -4.08. The highest BCUT2D eigenvalue weighted by Crippen LogP contribution is 2.64. The predicted octanol–water partition coefficient (Wildman–Crippen LogP) is 5.32. The molecule has 2 aromatic rings. The van der Waals surface area contributed by atoms with Crippen LogP contribution < -0.4 is 9.62 Å². The van der Waals surface area contributed by atoms with Gasteiger partial charge in [-0.25, -0.2) is 12.7 Å². The highest BCUT2D eigenvalue weighted by Gasteiger charge is 2.61. The number of hydrogen-bond acceptors (Lipinski definition) is 5. The molecule has 6 nitrogen and oxygen atoms in total. The topological polar surface area (TPSA) is 83.6 Å². The third kappa shape index (κ3) is 3.76. The molecule has 1 aliphatic heterocycles. The van der Waals surface area contributed by atoms with Gasteiger partial charge in [-0.15, -0.1) is 0 Å².